The number of hydrogen-bond donors (Lipinski definition) is 1. The first-order valence-electron chi connectivity index (χ1n) is 17.2. The van der Waals surface area contributed by atoms with Crippen molar-refractivity contribution in [3.8, 4) is 10.0 Å². The number of hydrogen-bond acceptors (Lipinski definition) is 10. The molecule has 2 aliphatic heterocycles. The van der Waals surface area contributed by atoms with E-state index in [1.807, 2.05) is 66.9 Å². The highest BCUT2D eigenvalue weighted by atomic mass is 35.5. The topological polar surface area (TPSA) is 141 Å². The molecule has 2 aromatic carbocycles. The van der Waals surface area contributed by atoms with Crippen LogP contribution < -0.4 is 0 Å². The second-order valence-electron chi connectivity index (χ2n) is 13.3. The molecular weight excluding hydrogens is 764 g/mol. The van der Waals surface area contributed by atoms with Crippen molar-refractivity contribution < 1.29 is 14.7 Å². The second kappa shape index (κ2) is 14.8. The highest BCUT2D eigenvalue weighted by Gasteiger charge is 2.33. The molecule has 0 spiro atoms. The number of aliphatic carboxylic acids is 1. The number of halogens is 2. The summed E-state index contributed by atoms with van der Waals surface area (Å²) in [5.74, 6) is 1.94. The van der Waals surface area contributed by atoms with Crippen LogP contribution in [0.2, 0.25) is 10.0 Å². The van der Waals surface area contributed by atoms with E-state index in [1.54, 1.807) is 29.6 Å². The van der Waals surface area contributed by atoms with E-state index in [-0.39, 0.29) is 18.2 Å². The molecule has 4 aromatic heterocycles. The summed E-state index contributed by atoms with van der Waals surface area (Å²) < 4.78 is 4.00. The van der Waals surface area contributed by atoms with Crippen LogP contribution in [-0.4, -0.2) is 57.8 Å². The molecule has 0 amide bonds. The summed E-state index contributed by atoms with van der Waals surface area (Å²) in [6.45, 7) is 13.7. The third kappa shape index (κ3) is 6.85. The van der Waals surface area contributed by atoms with Gasteiger partial charge in [0.25, 0.3) is 0 Å². The lowest BCUT2D eigenvalue weighted by molar-refractivity contribution is -0.137. The molecule has 0 aliphatic carbocycles. The van der Waals surface area contributed by atoms with E-state index in [0.717, 1.165) is 60.9 Å². The number of Topliss-reactive ketones (excluding diaryl/α,β-unsaturated/α-hetero) is 1. The van der Waals surface area contributed by atoms with Gasteiger partial charge in [-0.1, -0.05) is 47.5 Å². The minimum atomic E-state index is -0.926. The van der Waals surface area contributed by atoms with E-state index in [2.05, 4.69) is 52.7 Å². The number of benzene rings is 2. The largest absolute Gasteiger partial charge is 0.481 e. The Labute approximate surface area is 330 Å². The zero-order valence-corrected chi connectivity index (χ0v) is 33.7. The first-order valence-corrected chi connectivity index (χ1v) is 19.6. The number of carboxylic acids is 1. The van der Waals surface area contributed by atoms with Gasteiger partial charge in [-0.05, 0) is 83.9 Å². The number of aliphatic imine (C=N–C) groups is 2. The molecule has 6 heterocycles. The van der Waals surface area contributed by atoms with Gasteiger partial charge in [0.1, 0.15) is 39.5 Å². The van der Waals surface area contributed by atoms with Crippen molar-refractivity contribution >= 4 is 69.1 Å². The number of ketones is 1. The number of aromatic nitrogens is 6. The molecule has 0 saturated heterocycles. The van der Waals surface area contributed by atoms with Crippen LogP contribution in [0.3, 0.4) is 0 Å². The van der Waals surface area contributed by atoms with Gasteiger partial charge in [0.2, 0.25) is 0 Å². The molecule has 54 heavy (non-hydrogen) atoms. The fourth-order valence-electron chi connectivity index (χ4n) is 6.70. The summed E-state index contributed by atoms with van der Waals surface area (Å²) >= 11 is 15.5. The maximum absolute atomic E-state index is 11.9. The average Bonchev–Trinajstić information content (AvgIpc) is 3.81. The molecule has 0 fully saturated rings. The Kier molecular flexibility index (Phi) is 10.3. The Hall–Kier alpha value is -4.82. The number of rotatable bonds is 6. The van der Waals surface area contributed by atoms with Gasteiger partial charge in [0, 0.05) is 48.5 Å². The van der Waals surface area contributed by atoms with Crippen molar-refractivity contribution in [3.63, 3.8) is 0 Å². The third-order valence-corrected chi connectivity index (χ3v) is 12.5. The predicted molar refractivity (Wildman–Crippen MR) is 214 cm³/mol. The Morgan fingerprint density at radius 3 is 1.41 bits per heavy atom. The van der Waals surface area contributed by atoms with E-state index < -0.39 is 12.0 Å². The van der Waals surface area contributed by atoms with Gasteiger partial charge in [0.15, 0.2) is 11.6 Å². The summed E-state index contributed by atoms with van der Waals surface area (Å²) in [5.41, 5.74) is 7.90. The zero-order valence-electron chi connectivity index (χ0n) is 30.6. The Morgan fingerprint density at radius 2 is 1.04 bits per heavy atom. The summed E-state index contributed by atoms with van der Waals surface area (Å²) in [4.78, 5) is 35.7. The van der Waals surface area contributed by atoms with E-state index in [1.165, 1.54) is 15.3 Å². The quantitative estimate of drug-likeness (QED) is 0.177. The molecule has 2 atom stereocenters. The van der Waals surface area contributed by atoms with Gasteiger partial charge in [-0.15, -0.1) is 43.1 Å². The van der Waals surface area contributed by atoms with E-state index >= 15 is 0 Å². The second-order valence-corrected chi connectivity index (χ2v) is 16.6. The van der Waals surface area contributed by atoms with Crippen LogP contribution in [-0.2, 0) is 9.59 Å². The minimum Gasteiger partial charge on any atom is -0.481 e. The molecule has 15 heteroatoms. The van der Waals surface area contributed by atoms with Crippen molar-refractivity contribution in [1.29, 1.82) is 0 Å². The standard InChI is InChI=1S/C20H19ClN4OS.C19H17ClN4O2S/c1-10(26)9-16-19-24-23-13(4)25(19)20-17(11(2)12(3)27-20)18(22-16)14-5-7-15(21)8-6-14;1-9-10(2)27-19-16(9)17(12-4-6-13(20)7-5-12)21-14(8-15(25)26)18-23-22-11(3)24(18)19/h5-8,16H,9H2,1-4H3;4-7,14H,8H2,1-3H3,(H,25,26)/t16-;14-/m00/s1. The van der Waals surface area contributed by atoms with Crippen molar-refractivity contribution in [2.45, 2.75) is 73.4 Å². The summed E-state index contributed by atoms with van der Waals surface area (Å²) in [6.07, 6.45) is 0.143. The maximum atomic E-state index is 11.9. The van der Waals surface area contributed by atoms with Crippen LogP contribution in [0, 0.1) is 41.5 Å². The molecular formula is C39H36Cl2N8O3S2. The zero-order chi connectivity index (χ0) is 38.6. The van der Waals surface area contributed by atoms with E-state index in [9.17, 15) is 14.7 Å². The number of carbonyl (C=O) groups excluding carboxylic acids is 1. The number of nitrogens with zero attached hydrogens (tertiary/aromatic N) is 8. The summed E-state index contributed by atoms with van der Waals surface area (Å²) in [5, 5.41) is 29.8. The number of carbonyl (C=O) groups is 2. The van der Waals surface area contributed by atoms with Crippen molar-refractivity contribution in [2.24, 2.45) is 9.98 Å². The van der Waals surface area contributed by atoms with E-state index in [4.69, 9.17) is 33.2 Å². The fourth-order valence-corrected chi connectivity index (χ4v) is 9.38. The lowest BCUT2D eigenvalue weighted by Crippen LogP contribution is -2.10. The van der Waals surface area contributed by atoms with Crippen molar-refractivity contribution in [2.75, 3.05) is 0 Å². The molecule has 0 radical (unpaired) electrons. The molecule has 6 aromatic rings. The van der Waals surface area contributed by atoms with Crippen LogP contribution in [0.25, 0.3) is 10.0 Å². The minimum absolute atomic E-state index is 0.0737. The highest BCUT2D eigenvalue weighted by Crippen LogP contribution is 2.41. The normalized spacial score (nSPS) is 15.7. The fraction of sp³-hybridized carbons (Fsp3) is 0.282. The molecule has 8 rings (SSSR count). The Bertz CT molecular complexity index is 2330. The van der Waals surface area contributed by atoms with Crippen LogP contribution in [0.15, 0.2) is 58.5 Å². The van der Waals surface area contributed by atoms with Gasteiger partial charge >= 0.3 is 5.97 Å². The monoisotopic (exact) mass is 798 g/mol. The number of carboxylic acid groups (broad SMARTS) is 1. The molecule has 1 N–H and O–H groups in total. The van der Waals surface area contributed by atoms with Gasteiger partial charge in [-0.3, -0.25) is 28.7 Å². The van der Waals surface area contributed by atoms with Crippen molar-refractivity contribution in [1.82, 2.24) is 29.5 Å². The van der Waals surface area contributed by atoms with Crippen LogP contribution in [0.1, 0.15) is 98.3 Å². The summed E-state index contributed by atoms with van der Waals surface area (Å²) in [6, 6.07) is 14.1. The van der Waals surface area contributed by atoms with Crippen molar-refractivity contribution in [3.05, 3.63) is 125 Å². The van der Waals surface area contributed by atoms with E-state index in [0.29, 0.717) is 28.1 Å². The van der Waals surface area contributed by atoms with Crippen LogP contribution in [0.4, 0.5) is 0 Å². The highest BCUT2D eigenvalue weighted by molar-refractivity contribution is 7.15. The molecule has 0 bridgehead atoms. The average molecular weight is 800 g/mol. The Morgan fingerprint density at radius 1 is 0.648 bits per heavy atom. The van der Waals surface area contributed by atoms with Gasteiger partial charge in [-0.2, -0.15) is 0 Å². The lowest BCUT2D eigenvalue weighted by Gasteiger charge is -2.11. The lowest BCUT2D eigenvalue weighted by atomic mass is 9.99. The first kappa shape index (κ1) is 37.5. The molecule has 2 aliphatic rings. The number of aryl methyl sites for hydroxylation is 4. The molecule has 0 unspecified atom stereocenters. The Balaban J connectivity index is 0.000000167. The molecule has 276 valence electrons. The van der Waals surface area contributed by atoms with Gasteiger partial charge in [0.05, 0.1) is 17.8 Å². The number of thiophene rings is 2. The molecule has 11 nitrogen and oxygen atoms in total. The van der Waals surface area contributed by atoms with Crippen LogP contribution >= 0.6 is 45.9 Å². The van der Waals surface area contributed by atoms with Crippen LogP contribution in [0.5, 0.6) is 0 Å². The predicted octanol–water partition coefficient (Wildman–Crippen LogP) is 9.05. The number of fused-ring (bicyclic) bond motifs is 6. The maximum Gasteiger partial charge on any atom is 0.306 e. The SMILES string of the molecule is CC(=O)C[C@@H]1N=C(c2ccc(Cl)cc2)c2c(sc(C)c2C)-n2c(C)nnc21.Cc1sc2c(c1C)C(c1ccc(Cl)cc1)=N[C@@H](CC(=O)O)c1nnc(C)n1-2. The third-order valence-electron chi connectivity index (χ3n) is 9.56. The smallest absolute Gasteiger partial charge is 0.306 e. The molecule has 0 saturated carbocycles. The first-order chi connectivity index (χ1) is 25.7. The summed E-state index contributed by atoms with van der Waals surface area (Å²) in [7, 11) is 0. The van der Waals surface area contributed by atoms with Gasteiger partial charge in [-0.25, -0.2) is 0 Å². The van der Waals surface area contributed by atoms with Gasteiger partial charge < -0.3 is 5.11 Å².